The number of sulfonamides is 1. The molecule has 1 rings (SSSR count). The number of aliphatic hydroxyl groups excluding tert-OH is 1. The molecular formula is C11H16BrNO3S. The highest BCUT2D eigenvalue weighted by molar-refractivity contribution is 9.10. The summed E-state index contributed by atoms with van der Waals surface area (Å²) in [5.74, 6) is 0. The summed E-state index contributed by atoms with van der Waals surface area (Å²) in [6.45, 7) is 1.85. The second kappa shape index (κ2) is 6.49. The number of benzene rings is 1. The summed E-state index contributed by atoms with van der Waals surface area (Å²) in [7, 11) is -3.51. The number of aliphatic hydroxyl groups is 1. The Balaban J connectivity index is 2.88. The van der Waals surface area contributed by atoms with Crippen LogP contribution in [-0.4, -0.2) is 26.2 Å². The normalized spacial score (nSPS) is 13.6. The summed E-state index contributed by atoms with van der Waals surface area (Å²) in [6.07, 6.45) is 1.07. The largest absolute Gasteiger partial charge is 0.396 e. The Bertz CT molecular complexity index is 462. The SMILES string of the molecule is CCC(CCO)NS(=O)(=O)c1cccc(Br)c1. The molecule has 1 aromatic rings. The highest BCUT2D eigenvalue weighted by atomic mass is 79.9. The molecule has 1 aromatic carbocycles. The molecule has 0 aromatic heterocycles. The molecule has 0 heterocycles. The van der Waals surface area contributed by atoms with Crippen molar-refractivity contribution in [3.63, 3.8) is 0 Å². The maximum absolute atomic E-state index is 12.0. The van der Waals surface area contributed by atoms with E-state index >= 15 is 0 Å². The number of nitrogens with one attached hydrogen (secondary N) is 1. The molecule has 0 radical (unpaired) electrons. The lowest BCUT2D eigenvalue weighted by atomic mass is 10.2. The fraction of sp³-hybridized carbons (Fsp3) is 0.455. The van der Waals surface area contributed by atoms with Crippen molar-refractivity contribution < 1.29 is 13.5 Å². The lowest BCUT2D eigenvalue weighted by Gasteiger charge is -2.15. The van der Waals surface area contributed by atoms with Crippen LogP contribution in [0.4, 0.5) is 0 Å². The van der Waals surface area contributed by atoms with Gasteiger partial charge in [-0.05, 0) is 31.0 Å². The van der Waals surface area contributed by atoms with Gasteiger partial charge >= 0.3 is 0 Å². The summed E-state index contributed by atoms with van der Waals surface area (Å²) in [4.78, 5) is 0.225. The molecule has 0 fully saturated rings. The van der Waals surface area contributed by atoms with Gasteiger partial charge in [0.15, 0.2) is 0 Å². The first-order chi connectivity index (χ1) is 7.99. The molecule has 0 spiro atoms. The van der Waals surface area contributed by atoms with Crippen LogP contribution in [0.3, 0.4) is 0 Å². The molecule has 0 amide bonds. The Labute approximate surface area is 110 Å². The Morgan fingerprint density at radius 1 is 1.47 bits per heavy atom. The van der Waals surface area contributed by atoms with Crippen molar-refractivity contribution in [3.8, 4) is 0 Å². The van der Waals surface area contributed by atoms with Crippen LogP contribution in [0.15, 0.2) is 33.6 Å². The minimum Gasteiger partial charge on any atom is -0.396 e. The van der Waals surface area contributed by atoms with Crippen molar-refractivity contribution in [1.29, 1.82) is 0 Å². The molecule has 1 atom stereocenters. The van der Waals surface area contributed by atoms with E-state index in [-0.39, 0.29) is 17.5 Å². The topological polar surface area (TPSA) is 66.4 Å². The van der Waals surface area contributed by atoms with E-state index in [0.717, 1.165) is 4.47 Å². The predicted octanol–water partition coefficient (Wildman–Crippen LogP) is 1.89. The first-order valence-corrected chi connectivity index (χ1v) is 7.66. The maximum Gasteiger partial charge on any atom is 0.240 e. The van der Waals surface area contributed by atoms with Crippen LogP contribution in [0.5, 0.6) is 0 Å². The van der Waals surface area contributed by atoms with Crippen LogP contribution >= 0.6 is 15.9 Å². The van der Waals surface area contributed by atoms with Gasteiger partial charge in [0.25, 0.3) is 0 Å². The number of rotatable bonds is 6. The van der Waals surface area contributed by atoms with Crippen molar-refractivity contribution in [3.05, 3.63) is 28.7 Å². The average molecular weight is 322 g/mol. The zero-order valence-corrected chi connectivity index (χ0v) is 12.0. The zero-order valence-electron chi connectivity index (χ0n) is 9.56. The number of hydrogen-bond donors (Lipinski definition) is 2. The van der Waals surface area contributed by atoms with E-state index in [1.165, 1.54) is 0 Å². The standard InChI is InChI=1S/C11H16BrNO3S/c1-2-10(6-7-14)13-17(15,16)11-5-3-4-9(12)8-11/h3-5,8,10,13-14H,2,6-7H2,1H3. The van der Waals surface area contributed by atoms with Gasteiger partial charge in [-0.15, -0.1) is 0 Å². The summed E-state index contributed by atoms with van der Waals surface area (Å²) in [5.41, 5.74) is 0. The Kier molecular flexibility index (Phi) is 5.58. The van der Waals surface area contributed by atoms with Gasteiger partial charge in [-0.25, -0.2) is 13.1 Å². The van der Waals surface area contributed by atoms with E-state index in [2.05, 4.69) is 20.7 Å². The van der Waals surface area contributed by atoms with Crippen LogP contribution in [0, 0.1) is 0 Å². The van der Waals surface area contributed by atoms with Gasteiger partial charge in [-0.1, -0.05) is 28.9 Å². The van der Waals surface area contributed by atoms with Crippen molar-refractivity contribution >= 4 is 26.0 Å². The fourth-order valence-electron chi connectivity index (χ4n) is 1.42. The van der Waals surface area contributed by atoms with Gasteiger partial charge in [-0.2, -0.15) is 0 Å². The van der Waals surface area contributed by atoms with Gasteiger partial charge < -0.3 is 5.11 Å². The van der Waals surface area contributed by atoms with Crippen molar-refractivity contribution in [2.24, 2.45) is 0 Å². The van der Waals surface area contributed by atoms with Gasteiger partial charge in [0, 0.05) is 17.1 Å². The summed E-state index contributed by atoms with van der Waals surface area (Å²) < 4.78 is 27.3. The van der Waals surface area contributed by atoms with Crippen LogP contribution < -0.4 is 4.72 Å². The molecule has 0 aliphatic heterocycles. The molecule has 0 aliphatic rings. The molecular weight excluding hydrogens is 306 g/mol. The Morgan fingerprint density at radius 3 is 2.71 bits per heavy atom. The van der Waals surface area contributed by atoms with E-state index in [0.29, 0.717) is 12.8 Å². The molecule has 0 bridgehead atoms. The Morgan fingerprint density at radius 2 is 2.18 bits per heavy atom. The van der Waals surface area contributed by atoms with Crippen molar-refractivity contribution in [2.75, 3.05) is 6.61 Å². The van der Waals surface area contributed by atoms with Gasteiger partial charge in [-0.3, -0.25) is 0 Å². The summed E-state index contributed by atoms with van der Waals surface area (Å²) in [6, 6.07) is 6.30. The van der Waals surface area contributed by atoms with Crippen LogP contribution in [0.1, 0.15) is 19.8 Å². The molecule has 0 saturated heterocycles. The molecule has 1 unspecified atom stereocenters. The predicted molar refractivity (Wildman–Crippen MR) is 70.2 cm³/mol. The lowest BCUT2D eigenvalue weighted by molar-refractivity contribution is 0.270. The smallest absolute Gasteiger partial charge is 0.240 e. The van der Waals surface area contributed by atoms with Crippen molar-refractivity contribution in [2.45, 2.75) is 30.7 Å². The highest BCUT2D eigenvalue weighted by Gasteiger charge is 2.18. The molecule has 4 nitrogen and oxygen atoms in total. The van der Waals surface area contributed by atoms with Crippen LogP contribution in [0.25, 0.3) is 0 Å². The lowest BCUT2D eigenvalue weighted by Crippen LogP contribution is -2.35. The minimum atomic E-state index is -3.51. The Hall–Kier alpha value is -0.430. The molecule has 0 saturated carbocycles. The van der Waals surface area contributed by atoms with Gasteiger partial charge in [0.1, 0.15) is 0 Å². The maximum atomic E-state index is 12.0. The zero-order chi connectivity index (χ0) is 12.9. The third kappa shape index (κ3) is 4.39. The summed E-state index contributed by atoms with van der Waals surface area (Å²) >= 11 is 3.24. The second-order valence-corrected chi connectivity index (χ2v) is 6.33. The fourth-order valence-corrected chi connectivity index (χ4v) is 3.37. The molecule has 96 valence electrons. The molecule has 6 heteroatoms. The number of halogens is 1. The van der Waals surface area contributed by atoms with Crippen LogP contribution in [0.2, 0.25) is 0 Å². The van der Waals surface area contributed by atoms with E-state index in [1.54, 1.807) is 24.3 Å². The van der Waals surface area contributed by atoms with Gasteiger partial charge in [0.05, 0.1) is 4.90 Å². The van der Waals surface area contributed by atoms with E-state index in [9.17, 15) is 8.42 Å². The second-order valence-electron chi connectivity index (χ2n) is 3.70. The van der Waals surface area contributed by atoms with Gasteiger partial charge in [0.2, 0.25) is 10.0 Å². The quantitative estimate of drug-likeness (QED) is 0.840. The summed E-state index contributed by atoms with van der Waals surface area (Å²) in [5, 5.41) is 8.84. The van der Waals surface area contributed by atoms with Crippen molar-refractivity contribution in [1.82, 2.24) is 4.72 Å². The average Bonchev–Trinajstić information content (AvgIpc) is 2.28. The first-order valence-electron chi connectivity index (χ1n) is 5.38. The minimum absolute atomic E-state index is 0.0283. The molecule has 17 heavy (non-hydrogen) atoms. The number of hydrogen-bond acceptors (Lipinski definition) is 3. The third-order valence-corrected chi connectivity index (χ3v) is 4.41. The molecule has 0 aliphatic carbocycles. The van der Waals surface area contributed by atoms with E-state index in [4.69, 9.17) is 5.11 Å². The monoisotopic (exact) mass is 321 g/mol. The van der Waals surface area contributed by atoms with Crippen LogP contribution in [-0.2, 0) is 10.0 Å². The first kappa shape index (κ1) is 14.6. The molecule has 2 N–H and O–H groups in total. The van der Waals surface area contributed by atoms with E-state index in [1.807, 2.05) is 6.92 Å². The highest BCUT2D eigenvalue weighted by Crippen LogP contribution is 2.16. The third-order valence-electron chi connectivity index (χ3n) is 2.40. The van der Waals surface area contributed by atoms with E-state index < -0.39 is 10.0 Å².